The standard InChI is InChI=1S/C18H26N4O3/c1-2-20-18(22-7-3-4-14(11-22)9-17(19)23)21-10-13-5-6-15-16(8-13)25-12-24-15/h5-6,8,14H,2-4,7,9-12H2,1H3,(H2,19,23)(H,20,21). The molecule has 0 bridgehead atoms. The quantitative estimate of drug-likeness (QED) is 0.622. The summed E-state index contributed by atoms with van der Waals surface area (Å²) >= 11 is 0. The molecule has 25 heavy (non-hydrogen) atoms. The summed E-state index contributed by atoms with van der Waals surface area (Å²) < 4.78 is 10.8. The van der Waals surface area contributed by atoms with E-state index in [2.05, 4.69) is 17.1 Å². The van der Waals surface area contributed by atoms with Crippen molar-refractivity contribution in [2.75, 3.05) is 26.4 Å². The first-order valence-electron chi connectivity index (χ1n) is 8.85. The predicted octanol–water partition coefficient (Wildman–Crippen LogP) is 1.47. The van der Waals surface area contributed by atoms with Gasteiger partial charge in [-0.25, -0.2) is 4.99 Å². The van der Waals surface area contributed by atoms with E-state index < -0.39 is 0 Å². The zero-order valence-corrected chi connectivity index (χ0v) is 14.7. The number of likely N-dealkylation sites (tertiary alicyclic amines) is 1. The van der Waals surface area contributed by atoms with Gasteiger partial charge in [0.05, 0.1) is 6.54 Å². The maximum atomic E-state index is 11.2. The number of rotatable bonds is 5. The second-order valence-corrected chi connectivity index (χ2v) is 6.48. The molecular formula is C18H26N4O3. The number of amides is 1. The van der Waals surface area contributed by atoms with Gasteiger partial charge in [-0.15, -0.1) is 0 Å². The summed E-state index contributed by atoms with van der Waals surface area (Å²) in [6.07, 6.45) is 2.53. The average molecular weight is 346 g/mol. The predicted molar refractivity (Wildman–Crippen MR) is 95.5 cm³/mol. The molecule has 136 valence electrons. The van der Waals surface area contributed by atoms with Crippen LogP contribution in [0.1, 0.15) is 31.7 Å². The van der Waals surface area contributed by atoms with Crippen LogP contribution in [-0.4, -0.2) is 43.2 Å². The van der Waals surface area contributed by atoms with Crippen LogP contribution in [-0.2, 0) is 11.3 Å². The summed E-state index contributed by atoms with van der Waals surface area (Å²) in [4.78, 5) is 18.2. The summed E-state index contributed by atoms with van der Waals surface area (Å²) in [5.74, 6) is 2.52. The monoisotopic (exact) mass is 346 g/mol. The van der Waals surface area contributed by atoms with Gasteiger partial charge in [0.2, 0.25) is 12.7 Å². The highest BCUT2D eigenvalue weighted by molar-refractivity contribution is 5.80. The Labute approximate surface area is 148 Å². The van der Waals surface area contributed by atoms with Crippen LogP contribution < -0.4 is 20.5 Å². The van der Waals surface area contributed by atoms with Crippen LogP contribution >= 0.6 is 0 Å². The highest BCUT2D eigenvalue weighted by Gasteiger charge is 2.23. The number of primary amides is 1. The Morgan fingerprint density at radius 3 is 3.04 bits per heavy atom. The van der Waals surface area contributed by atoms with Gasteiger partial charge >= 0.3 is 0 Å². The first-order valence-corrected chi connectivity index (χ1v) is 8.85. The second kappa shape index (κ2) is 8.09. The van der Waals surface area contributed by atoms with Crippen LogP contribution in [0.25, 0.3) is 0 Å². The number of nitrogens with zero attached hydrogens (tertiary/aromatic N) is 2. The molecule has 7 nitrogen and oxygen atoms in total. The van der Waals surface area contributed by atoms with E-state index in [9.17, 15) is 4.79 Å². The van der Waals surface area contributed by atoms with E-state index in [4.69, 9.17) is 20.2 Å². The molecule has 2 aliphatic rings. The molecular weight excluding hydrogens is 320 g/mol. The largest absolute Gasteiger partial charge is 0.454 e. The first kappa shape index (κ1) is 17.4. The highest BCUT2D eigenvalue weighted by Crippen LogP contribution is 2.32. The number of aliphatic imine (C=N–C) groups is 1. The Hall–Kier alpha value is -2.44. The minimum atomic E-state index is -0.228. The SMILES string of the molecule is CCNC(=NCc1ccc2c(c1)OCO2)N1CCCC(CC(N)=O)C1. The van der Waals surface area contributed by atoms with Crippen molar-refractivity contribution in [3.8, 4) is 11.5 Å². The summed E-state index contributed by atoms with van der Waals surface area (Å²) in [5.41, 5.74) is 6.43. The van der Waals surface area contributed by atoms with Gasteiger partial charge in [0.1, 0.15) is 0 Å². The number of nitrogens with one attached hydrogen (secondary N) is 1. The first-order chi connectivity index (χ1) is 12.2. The number of carbonyl (C=O) groups is 1. The molecule has 0 radical (unpaired) electrons. The molecule has 3 rings (SSSR count). The van der Waals surface area contributed by atoms with E-state index in [0.29, 0.717) is 18.9 Å². The number of carbonyl (C=O) groups excluding carboxylic acids is 1. The smallest absolute Gasteiger partial charge is 0.231 e. The topological polar surface area (TPSA) is 89.2 Å². The molecule has 1 atom stereocenters. The van der Waals surface area contributed by atoms with Gasteiger partial charge in [-0.3, -0.25) is 4.79 Å². The molecule has 2 heterocycles. The lowest BCUT2D eigenvalue weighted by Crippen LogP contribution is -2.47. The van der Waals surface area contributed by atoms with Gasteiger partial charge in [0.15, 0.2) is 17.5 Å². The van der Waals surface area contributed by atoms with Crippen molar-refractivity contribution in [3.63, 3.8) is 0 Å². The summed E-state index contributed by atoms with van der Waals surface area (Å²) in [6.45, 7) is 5.46. The number of guanidine groups is 1. The molecule has 1 aromatic carbocycles. The normalized spacial score (nSPS) is 19.8. The second-order valence-electron chi connectivity index (χ2n) is 6.48. The molecule has 1 unspecified atom stereocenters. The molecule has 1 fully saturated rings. The van der Waals surface area contributed by atoms with Crippen molar-refractivity contribution in [1.82, 2.24) is 10.2 Å². The van der Waals surface area contributed by atoms with E-state index in [-0.39, 0.29) is 12.7 Å². The molecule has 1 aromatic rings. The Balaban J connectivity index is 1.67. The van der Waals surface area contributed by atoms with Gasteiger partial charge in [0, 0.05) is 26.1 Å². The molecule has 2 aliphatic heterocycles. The number of hydrogen-bond donors (Lipinski definition) is 2. The maximum Gasteiger partial charge on any atom is 0.231 e. The average Bonchev–Trinajstić information content (AvgIpc) is 3.06. The number of fused-ring (bicyclic) bond motifs is 1. The van der Waals surface area contributed by atoms with Crippen molar-refractivity contribution in [2.45, 2.75) is 32.7 Å². The van der Waals surface area contributed by atoms with Crippen LogP contribution in [0.5, 0.6) is 11.5 Å². The number of benzene rings is 1. The molecule has 0 spiro atoms. The summed E-state index contributed by atoms with van der Waals surface area (Å²) in [7, 11) is 0. The van der Waals surface area contributed by atoms with Gasteiger partial charge in [-0.05, 0) is 43.4 Å². The number of ether oxygens (including phenoxy) is 2. The van der Waals surface area contributed by atoms with E-state index >= 15 is 0 Å². The van der Waals surface area contributed by atoms with Crippen LogP contribution in [0.4, 0.5) is 0 Å². The summed E-state index contributed by atoms with van der Waals surface area (Å²) in [5, 5.41) is 3.35. The Morgan fingerprint density at radius 1 is 1.40 bits per heavy atom. The summed E-state index contributed by atoms with van der Waals surface area (Å²) in [6, 6.07) is 5.90. The van der Waals surface area contributed by atoms with Gasteiger partial charge in [0.25, 0.3) is 0 Å². The van der Waals surface area contributed by atoms with Crippen molar-refractivity contribution < 1.29 is 14.3 Å². The third kappa shape index (κ3) is 4.55. The van der Waals surface area contributed by atoms with Crippen LogP contribution in [0.15, 0.2) is 23.2 Å². The fourth-order valence-corrected chi connectivity index (χ4v) is 3.34. The third-order valence-corrected chi connectivity index (χ3v) is 4.49. The minimum absolute atomic E-state index is 0.228. The Morgan fingerprint density at radius 2 is 2.24 bits per heavy atom. The fraction of sp³-hybridized carbons (Fsp3) is 0.556. The van der Waals surface area contributed by atoms with Gasteiger partial charge in [-0.2, -0.15) is 0 Å². The van der Waals surface area contributed by atoms with Crippen LogP contribution in [0, 0.1) is 5.92 Å². The lowest BCUT2D eigenvalue weighted by Gasteiger charge is -2.34. The molecule has 1 saturated heterocycles. The molecule has 3 N–H and O–H groups in total. The lowest BCUT2D eigenvalue weighted by atomic mass is 9.95. The number of piperidine rings is 1. The molecule has 0 aromatic heterocycles. The highest BCUT2D eigenvalue weighted by atomic mass is 16.7. The molecule has 7 heteroatoms. The lowest BCUT2D eigenvalue weighted by molar-refractivity contribution is -0.119. The van der Waals surface area contributed by atoms with E-state index in [1.54, 1.807) is 0 Å². The minimum Gasteiger partial charge on any atom is -0.454 e. The third-order valence-electron chi connectivity index (χ3n) is 4.49. The van der Waals surface area contributed by atoms with Gasteiger partial charge < -0.3 is 25.4 Å². The molecule has 0 saturated carbocycles. The fourth-order valence-electron chi connectivity index (χ4n) is 3.34. The van der Waals surface area contributed by atoms with Crippen molar-refractivity contribution >= 4 is 11.9 Å². The van der Waals surface area contributed by atoms with E-state index in [1.807, 2.05) is 18.2 Å². The van der Waals surface area contributed by atoms with Crippen LogP contribution in [0.2, 0.25) is 0 Å². The zero-order chi connectivity index (χ0) is 17.6. The number of hydrogen-bond acceptors (Lipinski definition) is 4. The molecule has 0 aliphatic carbocycles. The van der Waals surface area contributed by atoms with Crippen molar-refractivity contribution in [1.29, 1.82) is 0 Å². The number of nitrogens with two attached hydrogens (primary N) is 1. The zero-order valence-electron chi connectivity index (χ0n) is 14.7. The maximum absolute atomic E-state index is 11.2. The van der Waals surface area contributed by atoms with Gasteiger partial charge in [-0.1, -0.05) is 6.07 Å². The van der Waals surface area contributed by atoms with Crippen molar-refractivity contribution in [3.05, 3.63) is 23.8 Å². The van der Waals surface area contributed by atoms with Crippen LogP contribution in [0.3, 0.4) is 0 Å². The Bertz CT molecular complexity index is 647. The Kier molecular flexibility index (Phi) is 5.63. The van der Waals surface area contributed by atoms with E-state index in [0.717, 1.165) is 55.5 Å². The molecule has 1 amide bonds. The van der Waals surface area contributed by atoms with Crippen molar-refractivity contribution in [2.24, 2.45) is 16.6 Å². The van der Waals surface area contributed by atoms with E-state index in [1.165, 1.54) is 0 Å².